The van der Waals surface area contributed by atoms with E-state index >= 15 is 0 Å². The van der Waals surface area contributed by atoms with Crippen LogP contribution in [0.15, 0.2) is 12.7 Å². The van der Waals surface area contributed by atoms with Gasteiger partial charge in [0, 0.05) is 0 Å². The normalized spacial score (nSPS) is 16.6. The molecule has 0 spiro atoms. The van der Waals surface area contributed by atoms with E-state index in [0.29, 0.717) is 6.54 Å². The second-order valence-corrected chi connectivity index (χ2v) is 4.10. The molecule has 78 valence electrons. The van der Waals surface area contributed by atoms with Crippen molar-refractivity contribution in [2.75, 3.05) is 26.7 Å². The average molecular weight is 212 g/mol. The highest BCUT2D eigenvalue weighted by atomic mass is 31.2. The number of hydrogen-bond donors (Lipinski definition) is 3. The maximum Gasteiger partial charge on any atom is 0.469 e. The zero-order valence-electron chi connectivity index (χ0n) is 7.46. The first kappa shape index (κ1) is 12.8. The second-order valence-electron chi connectivity index (χ2n) is 2.86. The first-order valence-corrected chi connectivity index (χ1v) is 5.18. The lowest BCUT2D eigenvalue weighted by atomic mass is 10.5. The van der Waals surface area contributed by atoms with Crippen molar-refractivity contribution in [3.8, 4) is 0 Å². The van der Waals surface area contributed by atoms with Crippen molar-refractivity contribution < 1.29 is 28.7 Å². The third-order valence-corrected chi connectivity index (χ3v) is 1.87. The largest absolute Gasteiger partial charge is 0.469 e. The molecular formula is C6H15NO5P+. The van der Waals surface area contributed by atoms with Crippen LogP contribution in [0.2, 0.25) is 0 Å². The van der Waals surface area contributed by atoms with Gasteiger partial charge in [-0.05, 0) is 6.08 Å². The second kappa shape index (κ2) is 4.85. The van der Waals surface area contributed by atoms with Crippen molar-refractivity contribution in [3.63, 3.8) is 0 Å². The van der Waals surface area contributed by atoms with Crippen LogP contribution in [0.25, 0.3) is 0 Å². The highest BCUT2D eigenvalue weighted by Gasteiger charge is 2.20. The van der Waals surface area contributed by atoms with Gasteiger partial charge in [-0.3, -0.25) is 4.52 Å². The molecule has 6 nitrogen and oxygen atoms in total. The number of phosphoric acid groups is 1. The summed E-state index contributed by atoms with van der Waals surface area (Å²) in [6.45, 7) is 3.62. The van der Waals surface area contributed by atoms with Crippen molar-refractivity contribution in [1.29, 1.82) is 0 Å². The van der Waals surface area contributed by atoms with Gasteiger partial charge in [0.2, 0.25) is 0 Å². The molecule has 0 amide bonds. The summed E-state index contributed by atoms with van der Waals surface area (Å²) in [5, 5.41) is 9.44. The fraction of sp³-hybridized carbons (Fsp3) is 0.667. The number of quaternary nitrogens is 1. The van der Waals surface area contributed by atoms with Crippen LogP contribution in [0.1, 0.15) is 0 Å². The van der Waals surface area contributed by atoms with Gasteiger partial charge < -0.3 is 9.79 Å². The van der Waals surface area contributed by atoms with E-state index in [-0.39, 0.29) is 13.2 Å². The van der Waals surface area contributed by atoms with Crippen molar-refractivity contribution in [2.24, 2.45) is 0 Å². The average Bonchev–Trinajstić information content (AvgIpc) is 1.82. The molecule has 1 unspecified atom stereocenters. The van der Waals surface area contributed by atoms with Crippen LogP contribution < -0.4 is 0 Å². The van der Waals surface area contributed by atoms with Gasteiger partial charge in [0.1, 0.15) is 19.7 Å². The van der Waals surface area contributed by atoms with E-state index in [4.69, 9.17) is 9.79 Å². The number of phosphoric ester groups is 1. The molecular weight excluding hydrogens is 197 g/mol. The van der Waals surface area contributed by atoms with Crippen molar-refractivity contribution in [2.45, 2.75) is 0 Å². The van der Waals surface area contributed by atoms with Gasteiger partial charge in [0.05, 0.1) is 7.05 Å². The summed E-state index contributed by atoms with van der Waals surface area (Å²) in [6.07, 6.45) is 1.51. The van der Waals surface area contributed by atoms with E-state index in [1.165, 1.54) is 13.1 Å². The Morgan fingerprint density at radius 1 is 1.62 bits per heavy atom. The van der Waals surface area contributed by atoms with E-state index in [1.54, 1.807) is 0 Å². The monoisotopic (exact) mass is 212 g/mol. The first-order chi connectivity index (χ1) is 5.77. The SMILES string of the molecule is C=CC[N+](C)(O)CCOP(=O)(O)O. The topological polar surface area (TPSA) is 87.0 Å². The van der Waals surface area contributed by atoms with Crippen LogP contribution in [-0.2, 0) is 9.09 Å². The van der Waals surface area contributed by atoms with Crippen molar-refractivity contribution in [1.82, 2.24) is 0 Å². The molecule has 3 N–H and O–H groups in total. The molecule has 13 heavy (non-hydrogen) atoms. The lowest BCUT2D eigenvalue weighted by Crippen LogP contribution is -2.42. The van der Waals surface area contributed by atoms with Crippen LogP contribution in [-0.4, -0.2) is 46.4 Å². The fourth-order valence-electron chi connectivity index (χ4n) is 0.726. The maximum atomic E-state index is 10.2. The Morgan fingerprint density at radius 3 is 2.54 bits per heavy atom. The zero-order valence-corrected chi connectivity index (χ0v) is 8.35. The number of rotatable bonds is 6. The molecule has 0 heterocycles. The van der Waals surface area contributed by atoms with Crippen LogP contribution >= 0.6 is 7.82 Å². The Bertz CT molecular complexity index is 211. The molecule has 0 saturated carbocycles. The Balaban J connectivity index is 3.75. The number of hydrogen-bond acceptors (Lipinski definition) is 3. The summed E-state index contributed by atoms with van der Waals surface area (Å²) in [5.41, 5.74) is 0. The Hall–Kier alpha value is -0.230. The van der Waals surface area contributed by atoms with Crippen LogP contribution in [0, 0.1) is 0 Å². The van der Waals surface area contributed by atoms with Crippen molar-refractivity contribution >= 4 is 7.82 Å². The Morgan fingerprint density at radius 2 is 2.15 bits per heavy atom. The van der Waals surface area contributed by atoms with Crippen LogP contribution in [0.4, 0.5) is 0 Å². The van der Waals surface area contributed by atoms with Crippen LogP contribution in [0.5, 0.6) is 0 Å². The predicted octanol–water partition coefficient (Wildman–Crippen LogP) is 0.117. The lowest BCUT2D eigenvalue weighted by molar-refractivity contribution is -1.08. The van der Waals surface area contributed by atoms with E-state index in [0.717, 1.165) is 0 Å². The van der Waals surface area contributed by atoms with E-state index < -0.39 is 12.5 Å². The summed E-state index contributed by atoms with van der Waals surface area (Å²) in [7, 11) is -2.93. The molecule has 0 aliphatic heterocycles. The quantitative estimate of drug-likeness (QED) is 0.252. The summed E-state index contributed by atoms with van der Waals surface area (Å²) in [5.74, 6) is 0. The molecule has 7 heteroatoms. The van der Waals surface area contributed by atoms with Crippen LogP contribution in [0.3, 0.4) is 0 Å². The lowest BCUT2D eigenvalue weighted by Gasteiger charge is -2.23. The standard InChI is InChI=1S/C6H14NO5P/c1-3-4-7(2,8)5-6-12-13(9,10)11/h3,8H,1,4-6H2,2H3,(H-,9,10,11)/p+1. The van der Waals surface area contributed by atoms with Gasteiger partial charge in [-0.25, -0.2) is 9.77 Å². The van der Waals surface area contributed by atoms with Gasteiger partial charge in [-0.2, -0.15) is 4.65 Å². The van der Waals surface area contributed by atoms with Gasteiger partial charge in [0.25, 0.3) is 0 Å². The molecule has 0 aliphatic rings. The summed E-state index contributed by atoms with van der Waals surface area (Å²) >= 11 is 0. The third kappa shape index (κ3) is 8.11. The van der Waals surface area contributed by atoms with Gasteiger partial charge in [-0.1, -0.05) is 6.58 Å². The molecule has 0 aromatic rings. The van der Waals surface area contributed by atoms with Gasteiger partial charge >= 0.3 is 7.82 Å². The van der Waals surface area contributed by atoms with E-state index in [2.05, 4.69) is 11.1 Å². The summed E-state index contributed by atoms with van der Waals surface area (Å²) in [4.78, 5) is 16.6. The minimum atomic E-state index is -4.42. The number of likely N-dealkylation sites (N-methyl/N-ethyl adjacent to an activating group) is 1. The number of hydroxylamine groups is 3. The molecule has 0 aliphatic carbocycles. The molecule has 1 atom stereocenters. The maximum absolute atomic E-state index is 10.2. The van der Waals surface area contributed by atoms with Gasteiger partial charge in [0.15, 0.2) is 0 Å². The highest BCUT2D eigenvalue weighted by Crippen LogP contribution is 2.35. The third-order valence-electron chi connectivity index (χ3n) is 1.35. The van der Waals surface area contributed by atoms with E-state index in [9.17, 15) is 9.77 Å². The molecule has 0 aromatic carbocycles. The van der Waals surface area contributed by atoms with Gasteiger partial charge in [-0.15, -0.1) is 0 Å². The van der Waals surface area contributed by atoms with E-state index in [1.807, 2.05) is 0 Å². The molecule has 0 fully saturated rings. The Kier molecular flexibility index (Phi) is 4.77. The molecule has 0 aromatic heterocycles. The zero-order chi connectivity index (χ0) is 10.5. The molecule has 0 saturated heterocycles. The van der Waals surface area contributed by atoms with Crippen molar-refractivity contribution in [3.05, 3.63) is 12.7 Å². The smallest absolute Gasteiger partial charge is 0.303 e. The first-order valence-electron chi connectivity index (χ1n) is 3.65. The summed E-state index contributed by atoms with van der Waals surface area (Å²) < 4.78 is 14.0. The minimum absolute atomic E-state index is 0.0944. The minimum Gasteiger partial charge on any atom is -0.303 e. The molecule has 0 bridgehead atoms. The fourth-order valence-corrected chi connectivity index (χ4v) is 1.05. The summed E-state index contributed by atoms with van der Waals surface area (Å²) in [6, 6.07) is 0. The molecule has 0 rings (SSSR count). The number of nitrogens with zero attached hydrogens (tertiary/aromatic N) is 1. The molecule has 0 radical (unpaired) electrons. The Labute approximate surface area is 76.8 Å². The predicted molar refractivity (Wildman–Crippen MR) is 45.9 cm³/mol. The highest BCUT2D eigenvalue weighted by molar-refractivity contribution is 7.46.